The van der Waals surface area contributed by atoms with E-state index in [4.69, 9.17) is 18.8 Å². The smallest absolute Gasteiger partial charge is 0.458 e. The quantitative estimate of drug-likeness (QED) is 0.643. The Morgan fingerprint density at radius 3 is 2.32 bits per heavy atom. The van der Waals surface area contributed by atoms with Gasteiger partial charge in [-0.15, -0.1) is 0 Å². The summed E-state index contributed by atoms with van der Waals surface area (Å²) >= 11 is 0. The minimum atomic E-state index is -0.705. The molecule has 0 bridgehead atoms. The van der Waals surface area contributed by atoms with Crippen LogP contribution in [0.4, 0.5) is 4.79 Å². The fourth-order valence-electron chi connectivity index (χ4n) is 3.69. The van der Waals surface area contributed by atoms with Gasteiger partial charge in [0.2, 0.25) is 5.91 Å². The van der Waals surface area contributed by atoms with Crippen molar-refractivity contribution in [3.8, 4) is 6.01 Å². The Morgan fingerprint density at radius 1 is 1.18 bits per heavy atom. The number of nitrogens with one attached hydrogen (secondary N) is 1. The standard InChI is InChI=1S/C23H37BN4O6/c1-15(27-20(30)32-21(2,3)4)18(29)28-11-9-10-17(14-28)31-19-25-12-16(13-26-19)24-33-22(5,6)23(7,8)34-24/h12-13,15,17H,9-11,14H2,1-8H3,(H,27,30)/t15-,17-/m0/s1. The number of nitrogens with zero attached hydrogens (tertiary/aromatic N) is 3. The minimum absolute atomic E-state index is 0.184. The first-order valence-electron chi connectivity index (χ1n) is 11.8. The number of hydrogen-bond acceptors (Lipinski definition) is 8. The zero-order valence-corrected chi connectivity index (χ0v) is 21.5. The monoisotopic (exact) mass is 476 g/mol. The van der Waals surface area contributed by atoms with Crippen molar-refractivity contribution in [1.29, 1.82) is 0 Å². The van der Waals surface area contributed by atoms with E-state index in [1.807, 2.05) is 27.7 Å². The van der Waals surface area contributed by atoms with E-state index in [1.165, 1.54) is 0 Å². The van der Waals surface area contributed by atoms with Gasteiger partial charge < -0.3 is 29.0 Å². The van der Waals surface area contributed by atoms with Crippen LogP contribution in [0.2, 0.25) is 0 Å². The van der Waals surface area contributed by atoms with Crippen molar-refractivity contribution >= 4 is 24.6 Å². The molecule has 1 aromatic rings. The third kappa shape index (κ3) is 6.38. The van der Waals surface area contributed by atoms with Crippen LogP contribution in [0, 0.1) is 0 Å². The Bertz CT molecular complexity index is 870. The molecule has 2 atom stereocenters. The molecule has 2 saturated heterocycles. The molecule has 10 nitrogen and oxygen atoms in total. The second-order valence-electron chi connectivity index (χ2n) is 10.9. The largest absolute Gasteiger partial charge is 0.498 e. The van der Waals surface area contributed by atoms with Crippen LogP contribution in [-0.2, 0) is 18.8 Å². The third-order valence-corrected chi connectivity index (χ3v) is 6.24. The molecule has 0 aliphatic carbocycles. The first-order valence-corrected chi connectivity index (χ1v) is 11.8. The SMILES string of the molecule is C[C@H](NC(=O)OC(C)(C)C)C(=O)N1CCC[C@H](Oc2ncc(B3OC(C)(C)C(C)(C)O3)cn2)C1. The number of rotatable bonds is 5. The summed E-state index contributed by atoms with van der Waals surface area (Å²) in [5.74, 6) is -0.184. The van der Waals surface area contributed by atoms with Gasteiger partial charge in [0, 0.05) is 24.4 Å². The van der Waals surface area contributed by atoms with Gasteiger partial charge in [-0.1, -0.05) is 0 Å². The predicted molar refractivity (Wildman–Crippen MR) is 127 cm³/mol. The number of hydrogen-bond donors (Lipinski definition) is 1. The Morgan fingerprint density at radius 2 is 1.76 bits per heavy atom. The van der Waals surface area contributed by atoms with Gasteiger partial charge in [0.05, 0.1) is 17.7 Å². The summed E-state index contributed by atoms with van der Waals surface area (Å²) in [6.07, 6.45) is 3.98. The molecule has 34 heavy (non-hydrogen) atoms. The van der Waals surface area contributed by atoms with Gasteiger partial charge in [-0.05, 0) is 68.2 Å². The van der Waals surface area contributed by atoms with Crippen LogP contribution < -0.4 is 15.5 Å². The van der Waals surface area contributed by atoms with E-state index in [0.717, 1.165) is 12.8 Å². The lowest BCUT2D eigenvalue weighted by molar-refractivity contribution is -0.135. The highest BCUT2D eigenvalue weighted by molar-refractivity contribution is 6.61. The zero-order valence-electron chi connectivity index (χ0n) is 21.5. The number of carbonyl (C=O) groups excluding carboxylic acids is 2. The summed E-state index contributed by atoms with van der Waals surface area (Å²) in [6, 6.07) is -0.469. The number of likely N-dealkylation sites (tertiary alicyclic amines) is 1. The fourth-order valence-corrected chi connectivity index (χ4v) is 3.69. The van der Waals surface area contributed by atoms with Gasteiger partial charge in [-0.3, -0.25) is 4.79 Å². The van der Waals surface area contributed by atoms with E-state index in [-0.39, 0.29) is 18.0 Å². The van der Waals surface area contributed by atoms with Crippen molar-refractivity contribution in [2.24, 2.45) is 0 Å². The highest BCUT2D eigenvalue weighted by atomic mass is 16.7. The maximum atomic E-state index is 12.8. The Kier molecular flexibility index (Phi) is 7.47. The van der Waals surface area contributed by atoms with Crippen LogP contribution in [-0.4, -0.2) is 76.0 Å². The molecule has 0 spiro atoms. The van der Waals surface area contributed by atoms with Gasteiger partial charge in [0.25, 0.3) is 0 Å². The Labute approximate surface area is 202 Å². The molecule has 1 aromatic heterocycles. The lowest BCUT2D eigenvalue weighted by atomic mass is 9.81. The van der Waals surface area contributed by atoms with Crippen LogP contribution in [0.3, 0.4) is 0 Å². The van der Waals surface area contributed by atoms with Crippen LogP contribution in [0.1, 0.15) is 68.2 Å². The Balaban J connectivity index is 1.54. The molecule has 0 aromatic carbocycles. The van der Waals surface area contributed by atoms with Crippen LogP contribution in [0.15, 0.2) is 12.4 Å². The molecule has 2 aliphatic rings. The molecule has 2 amide bonds. The highest BCUT2D eigenvalue weighted by Gasteiger charge is 2.52. The molecular formula is C23H37BN4O6. The Hall–Kier alpha value is -2.40. The van der Waals surface area contributed by atoms with Crippen molar-refractivity contribution in [3.63, 3.8) is 0 Å². The maximum Gasteiger partial charge on any atom is 0.498 e. The number of carbonyl (C=O) groups is 2. The molecule has 1 N–H and O–H groups in total. The predicted octanol–water partition coefficient (Wildman–Crippen LogP) is 2.06. The topological polar surface area (TPSA) is 112 Å². The van der Waals surface area contributed by atoms with Gasteiger partial charge in [0.1, 0.15) is 17.7 Å². The average molecular weight is 476 g/mol. The average Bonchev–Trinajstić information content (AvgIpc) is 2.93. The van der Waals surface area contributed by atoms with E-state index in [0.29, 0.717) is 18.6 Å². The second kappa shape index (κ2) is 9.69. The third-order valence-electron chi connectivity index (χ3n) is 6.24. The van der Waals surface area contributed by atoms with Crippen LogP contribution in [0.25, 0.3) is 0 Å². The number of ether oxygens (including phenoxy) is 2. The lowest BCUT2D eigenvalue weighted by Gasteiger charge is -2.34. The summed E-state index contributed by atoms with van der Waals surface area (Å²) < 4.78 is 23.2. The summed E-state index contributed by atoms with van der Waals surface area (Å²) in [5.41, 5.74) is -0.802. The van der Waals surface area contributed by atoms with Gasteiger partial charge in [-0.25, -0.2) is 14.8 Å². The minimum Gasteiger partial charge on any atom is -0.458 e. The van der Waals surface area contributed by atoms with Gasteiger partial charge in [0.15, 0.2) is 0 Å². The van der Waals surface area contributed by atoms with E-state index in [1.54, 1.807) is 45.0 Å². The summed E-state index contributed by atoms with van der Waals surface area (Å²) in [6.45, 7) is 15.9. The molecule has 0 radical (unpaired) electrons. The normalized spacial score (nSPS) is 22.8. The van der Waals surface area contributed by atoms with Crippen molar-refractivity contribution in [3.05, 3.63) is 12.4 Å². The van der Waals surface area contributed by atoms with Crippen LogP contribution >= 0.6 is 0 Å². The summed E-state index contributed by atoms with van der Waals surface area (Å²) in [4.78, 5) is 35.2. The molecule has 3 rings (SSSR count). The number of alkyl carbamates (subject to hydrolysis) is 1. The molecule has 3 heterocycles. The first-order chi connectivity index (χ1) is 15.7. The number of aromatic nitrogens is 2. The first kappa shape index (κ1) is 26.2. The molecule has 2 fully saturated rings. The van der Waals surface area contributed by atoms with Crippen molar-refractivity contribution in [2.75, 3.05) is 13.1 Å². The number of amides is 2. The zero-order chi connectivity index (χ0) is 25.3. The number of piperidine rings is 1. The van der Waals surface area contributed by atoms with Crippen LogP contribution in [0.5, 0.6) is 6.01 Å². The van der Waals surface area contributed by atoms with Crippen molar-refractivity contribution in [1.82, 2.24) is 20.2 Å². The second-order valence-corrected chi connectivity index (χ2v) is 10.9. The highest BCUT2D eigenvalue weighted by Crippen LogP contribution is 2.36. The fraction of sp³-hybridized carbons (Fsp3) is 0.739. The molecule has 188 valence electrons. The van der Waals surface area contributed by atoms with Gasteiger partial charge >= 0.3 is 19.2 Å². The van der Waals surface area contributed by atoms with E-state index >= 15 is 0 Å². The molecule has 0 unspecified atom stereocenters. The molecule has 2 aliphatic heterocycles. The summed E-state index contributed by atoms with van der Waals surface area (Å²) in [5, 5.41) is 2.60. The molecular weight excluding hydrogens is 439 g/mol. The van der Waals surface area contributed by atoms with E-state index in [2.05, 4.69) is 15.3 Å². The molecule has 0 saturated carbocycles. The van der Waals surface area contributed by atoms with E-state index < -0.39 is 36.1 Å². The van der Waals surface area contributed by atoms with Crippen molar-refractivity contribution < 1.29 is 28.4 Å². The molecule has 11 heteroatoms. The van der Waals surface area contributed by atoms with Crippen molar-refractivity contribution in [2.45, 2.75) is 97.2 Å². The summed E-state index contributed by atoms with van der Waals surface area (Å²) in [7, 11) is -0.541. The maximum absolute atomic E-state index is 12.8. The lowest BCUT2D eigenvalue weighted by Crippen LogP contribution is -2.52. The van der Waals surface area contributed by atoms with Gasteiger partial charge in [-0.2, -0.15) is 0 Å². The van der Waals surface area contributed by atoms with E-state index in [9.17, 15) is 9.59 Å².